The van der Waals surface area contributed by atoms with Gasteiger partial charge in [-0.3, -0.25) is 14.4 Å². The predicted molar refractivity (Wildman–Crippen MR) is 45.5 cm³/mol. The number of esters is 1. The molecule has 0 bridgehead atoms. The van der Waals surface area contributed by atoms with Crippen molar-refractivity contribution in [2.24, 2.45) is 0 Å². The molecule has 1 heterocycles. The molecule has 0 unspecified atom stereocenters. The Balaban J connectivity index is 2.36. The summed E-state index contributed by atoms with van der Waals surface area (Å²) in [5.41, 5.74) is 0. The molecule has 1 aliphatic rings. The Bertz CT molecular complexity index is 321. The molecule has 0 aromatic carbocycles. The summed E-state index contributed by atoms with van der Waals surface area (Å²) in [4.78, 5) is 47.8. The van der Waals surface area contributed by atoms with Crippen LogP contribution in [0.1, 0.15) is 12.8 Å². The lowest BCUT2D eigenvalue weighted by molar-refractivity contribution is -0.177. The van der Waals surface area contributed by atoms with E-state index >= 15 is 0 Å². The fraction of sp³-hybridized carbons (Fsp3) is 0.500. The predicted octanol–water partition coefficient (Wildman–Crippen LogP) is -0.623. The number of rotatable bonds is 3. The van der Waals surface area contributed by atoms with Crippen molar-refractivity contribution in [1.82, 2.24) is 5.06 Å². The maximum absolute atomic E-state index is 11.0. The molecular weight excluding hydrogens is 222 g/mol. The van der Waals surface area contributed by atoms with Crippen LogP contribution >= 0.6 is 0 Å². The van der Waals surface area contributed by atoms with Crippen molar-refractivity contribution < 1.29 is 33.5 Å². The van der Waals surface area contributed by atoms with E-state index in [0.29, 0.717) is 5.06 Å². The molecule has 2 amide bonds. The quantitative estimate of drug-likeness (QED) is 0.471. The van der Waals surface area contributed by atoms with Crippen LogP contribution in [0.5, 0.6) is 0 Å². The Kier molecular flexibility index (Phi) is 3.81. The SMILES string of the molecule is COC(=O)COC(=O)ON1C(=O)CCC1=O. The maximum atomic E-state index is 11.0. The molecule has 0 aromatic rings. The van der Waals surface area contributed by atoms with E-state index in [1.54, 1.807) is 0 Å². The number of amides is 2. The summed E-state index contributed by atoms with van der Waals surface area (Å²) in [5.74, 6) is -2.03. The molecule has 1 saturated heterocycles. The van der Waals surface area contributed by atoms with Crippen LogP contribution in [-0.2, 0) is 28.7 Å². The number of hydrogen-bond donors (Lipinski definition) is 0. The minimum atomic E-state index is -1.31. The van der Waals surface area contributed by atoms with Crippen LogP contribution < -0.4 is 0 Å². The van der Waals surface area contributed by atoms with Gasteiger partial charge in [-0.15, -0.1) is 0 Å². The Labute approximate surface area is 90.0 Å². The molecule has 1 rings (SSSR count). The number of nitrogens with zero attached hydrogens (tertiary/aromatic N) is 1. The number of carbonyl (C=O) groups is 4. The Morgan fingerprint density at radius 3 is 2.31 bits per heavy atom. The average molecular weight is 231 g/mol. The second-order valence-corrected chi connectivity index (χ2v) is 2.79. The summed E-state index contributed by atoms with van der Waals surface area (Å²) < 4.78 is 8.47. The first-order valence-electron chi connectivity index (χ1n) is 4.32. The molecule has 0 atom stereocenters. The molecular formula is C8H9NO7. The van der Waals surface area contributed by atoms with Crippen LogP contribution in [-0.4, -0.2) is 42.7 Å². The second kappa shape index (κ2) is 5.10. The Hall–Kier alpha value is -2.12. The van der Waals surface area contributed by atoms with Gasteiger partial charge < -0.3 is 9.47 Å². The van der Waals surface area contributed by atoms with Gasteiger partial charge in [0.15, 0.2) is 6.61 Å². The smallest absolute Gasteiger partial charge is 0.466 e. The minimum absolute atomic E-state index is 0.0108. The molecule has 0 spiro atoms. The van der Waals surface area contributed by atoms with E-state index in [1.807, 2.05) is 0 Å². The highest BCUT2D eigenvalue weighted by molar-refractivity contribution is 6.01. The van der Waals surface area contributed by atoms with Crippen molar-refractivity contribution in [3.05, 3.63) is 0 Å². The number of imide groups is 1. The molecule has 0 N–H and O–H groups in total. The highest BCUT2D eigenvalue weighted by Crippen LogP contribution is 2.12. The molecule has 0 aromatic heterocycles. The molecule has 0 aliphatic carbocycles. The van der Waals surface area contributed by atoms with E-state index in [4.69, 9.17) is 0 Å². The molecule has 1 fully saturated rings. The number of carbonyl (C=O) groups excluding carboxylic acids is 4. The third-order valence-electron chi connectivity index (χ3n) is 1.71. The summed E-state index contributed by atoms with van der Waals surface area (Å²) >= 11 is 0. The average Bonchev–Trinajstić information content (AvgIpc) is 2.57. The summed E-state index contributed by atoms with van der Waals surface area (Å²) in [6.45, 7) is -0.647. The number of hydrogen-bond acceptors (Lipinski definition) is 7. The van der Waals surface area contributed by atoms with E-state index < -0.39 is 30.5 Å². The van der Waals surface area contributed by atoms with Crippen molar-refractivity contribution in [3.8, 4) is 0 Å². The van der Waals surface area contributed by atoms with Gasteiger partial charge in [0.1, 0.15) is 0 Å². The van der Waals surface area contributed by atoms with Gasteiger partial charge in [0.05, 0.1) is 7.11 Å². The van der Waals surface area contributed by atoms with Gasteiger partial charge in [-0.05, 0) is 0 Å². The zero-order valence-electron chi connectivity index (χ0n) is 8.43. The first kappa shape index (κ1) is 12.0. The number of methoxy groups -OCH3 is 1. The fourth-order valence-corrected chi connectivity index (χ4v) is 0.936. The van der Waals surface area contributed by atoms with Crippen LogP contribution in [0.3, 0.4) is 0 Å². The summed E-state index contributed by atoms with van der Waals surface area (Å²) in [7, 11) is 1.12. The van der Waals surface area contributed by atoms with Gasteiger partial charge in [-0.25, -0.2) is 9.59 Å². The van der Waals surface area contributed by atoms with Crippen molar-refractivity contribution in [2.75, 3.05) is 13.7 Å². The van der Waals surface area contributed by atoms with E-state index in [0.717, 1.165) is 7.11 Å². The first-order valence-corrected chi connectivity index (χ1v) is 4.32. The monoisotopic (exact) mass is 231 g/mol. The fourth-order valence-electron chi connectivity index (χ4n) is 0.936. The number of ether oxygens (including phenoxy) is 2. The lowest BCUT2D eigenvalue weighted by Crippen LogP contribution is -2.33. The molecule has 0 saturated carbocycles. The van der Waals surface area contributed by atoms with Crippen LogP contribution in [0.25, 0.3) is 0 Å². The summed E-state index contributed by atoms with van der Waals surface area (Å²) in [6, 6.07) is 0. The largest absolute Gasteiger partial charge is 0.534 e. The Morgan fingerprint density at radius 2 is 1.81 bits per heavy atom. The number of hydroxylamine groups is 2. The third kappa shape index (κ3) is 2.94. The topological polar surface area (TPSA) is 99.2 Å². The normalized spacial score (nSPS) is 14.9. The molecule has 88 valence electrons. The first-order chi connectivity index (χ1) is 7.54. The van der Waals surface area contributed by atoms with Gasteiger partial charge in [-0.2, -0.15) is 0 Å². The lowest BCUT2D eigenvalue weighted by atomic mass is 10.4. The van der Waals surface area contributed by atoms with Crippen molar-refractivity contribution in [2.45, 2.75) is 12.8 Å². The zero-order valence-corrected chi connectivity index (χ0v) is 8.43. The maximum Gasteiger partial charge on any atom is 0.534 e. The van der Waals surface area contributed by atoms with Crippen LogP contribution in [0.15, 0.2) is 0 Å². The van der Waals surface area contributed by atoms with Crippen LogP contribution in [0.4, 0.5) is 4.79 Å². The van der Waals surface area contributed by atoms with Gasteiger partial charge in [0.25, 0.3) is 11.8 Å². The molecule has 1 aliphatic heterocycles. The second-order valence-electron chi connectivity index (χ2n) is 2.79. The van der Waals surface area contributed by atoms with Gasteiger partial charge in [0.2, 0.25) is 0 Å². The van der Waals surface area contributed by atoms with Crippen molar-refractivity contribution in [3.63, 3.8) is 0 Å². The Morgan fingerprint density at radius 1 is 1.25 bits per heavy atom. The molecule has 0 radical (unpaired) electrons. The third-order valence-corrected chi connectivity index (χ3v) is 1.71. The van der Waals surface area contributed by atoms with Crippen LogP contribution in [0.2, 0.25) is 0 Å². The highest BCUT2D eigenvalue weighted by Gasteiger charge is 2.33. The molecule has 8 nitrogen and oxygen atoms in total. The summed E-state index contributed by atoms with van der Waals surface area (Å²) in [5, 5.41) is 0.319. The van der Waals surface area contributed by atoms with E-state index in [9.17, 15) is 19.2 Å². The summed E-state index contributed by atoms with van der Waals surface area (Å²) in [6.07, 6.45) is -1.33. The van der Waals surface area contributed by atoms with Gasteiger partial charge in [-0.1, -0.05) is 5.06 Å². The van der Waals surface area contributed by atoms with E-state index in [-0.39, 0.29) is 12.8 Å². The van der Waals surface area contributed by atoms with Crippen molar-refractivity contribution >= 4 is 23.9 Å². The minimum Gasteiger partial charge on any atom is -0.466 e. The van der Waals surface area contributed by atoms with Gasteiger partial charge in [0, 0.05) is 12.8 Å². The zero-order chi connectivity index (χ0) is 12.1. The van der Waals surface area contributed by atoms with Gasteiger partial charge >= 0.3 is 12.1 Å². The standard InChI is InChI=1S/C8H9NO7/c1-14-7(12)4-15-8(13)16-9-5(10)2-3-6(9)11/h2-4H2,1H3. The molecule has 8 heteroatoms. The highest BCUT2D eigenvalue weighted by atomic mass is 16.8. The van der Waals surface area contributed by atoms with Crippen LogP contribution in [0, 0.1) is 0 Å². The lowest BCUT2D eigenvalue weighted by Gasteiger charge is -2.11. The van der Waals surface area contributed by atoms with E-state index in [2.05, 4.69) is 14.3 Å². The van der Waals surface area contributed by atoms with Crippen molar-refractivity contribution in [1.29, 1.82) is 0 Å². The molecule has 16 heavy (non-hydrogen) atoms. The van der Waals surface area contributed by atoms with E-state index in [1.165, 1.54) is 0 Å².